The second-order valence-corrected chi connectivity index (χ2v) is 5.44. The van der Waals surface area contributed by atoms with Gasteiger partial charge in [0, 0.05) is 19.6 Å². The summed E-state index contributed by atoms with van der Waals surface area (Å²) in [6.07, 6.45) is -1.30. The molecule has 0 spiro atoms. The van der Waals surface area contributed by atoms with E-state index in [-0.39, 0.29) is 0 Å². The molecular weight excluding hydrogens is 286 g/mol. The fraction of sp³-hybridized carbons (Fsp3) is 0.562. The van der Waals surface area contributed by atoms with Crippen LogP contribution in [0.5, 0.6) is 0 Å². The third kappa shape index (κ3) is 11.2. The SMILES string of the molecule is CC(O)CN(CC(C)O)CC(C)O.O=C(O)c1ccccc1. The molecule has 0 aliphatic heterocycles. The minimum absolute atomic E-state index is 0.331. The first-order valence-electron chi connectivity index (χ1n) is 7.27. The predicted octanol–water partition coefficient (Wildman–Crippen LogP) is 0.816. The van der Waals surface area contributed by atoms with Crippen molar-refractivity contribution >= 4 is 5.97 Å². The molecule has 0 aliphatic rings. The predicted molar refractivity (Wildman–Crippen MR) is 84.9 cm³/mol. The third-order valence-corrected chi connectivity index (χ3v) is 2.59. The molecule has 6 heteroatoms. The largest absolute Gasteiger partial charge is 0.478 e. The van der Waals surface area contributed by atoms with Crippen LogP contribution in [0.3, 0.4) is 0 Å². The first-order valence-corrected chi connectivity index (χ1v) is 7.27. The number of rotatable bonds is 7. The zero-order valence-corrected chi connectivity index (χ0v) is 13.4. The highest BCUT2D eigenvalue weighted by Gasteiger charge is 2.12. The minimum Gasteiger partial charge on any atom is -0.478 e. The van der Waals surface area contributed by atoms with Crippen LogP contribution in [0, 0.1) is 0 Å². The van der Waals surface area contributed by atoms with Crippen LogP contribution in [-0.2, 0) is 0 Å². The molecule has 0 saturated heterocycles. The molecule has 0 heterocycles. The van der Waals surface area contributed by atoms with Crippen molar-refractivity contribution < 1.29 is 25.2 Å². The summed E-state index contributed by atoms with van der Waals surface area (Å²) in [6.45, 7) is 6.52. The number of aromatic carboxylic acids is 1. The van der Waals surface area contributed by atoms with Gasteiger partial charge in [-0.3, -0.25) is 4.90 Å². The average Bonchev–Trinajstić information content (AvgIpc) is 2.38. The van der Waals surface area contributed by atoms with E-state index in [2.05, 4.69) is 0 Å². The summed E-state index contributed by atoms with van der Waals surface area (Å²) in [4.78, 5) is 12.0. The van der Waals surface area contributed by atoms with Crippen LogP contribution in [0.4, 0.5) is 0 Å². The number of nitrogens with zero attached hydrogens (tertiary/aromatic N) is 1. The van der Waals surface area contributed by atoms with Gasteiger partial charge in [-0.2, -0.15) is 0 Å². The highest BCUT2D eigenvalue weighted by Crippen LogP contribution is 1.98. The number of aliphatic hydroxyl groups is 3. The number of hydrogen-bond donors (Lipinski definition) is 4. The maximum atomic E-state index is 10.2. The molecule has 0 bridgehead atoms. The molecule has 0 saturated carbocycles. The molecule has 0 amide bonds. The third-order valence-electron chi connectivity index (χ3n) is 2.59. The Morgan fingerprint density at radius 2 is 1.27 bits per heavy atom. The smallest absolute Gasteiger partial charge is 0.335 e. The van der Waals surface area contributed by atoms with Gasteiger partial charge in [0.2, 0.25) is 0 Å². The number of aliphatic hydroxyl groups excluding tert-OH is 3. The van der Waals surface area contributed by atoms with Gasteiger partial charge >= 0.3 is 5.97 Å². The lowest BCUT2D eigenvalue weighted by molar-refractivity contribution is 0.0530. The molecule has 0 aliphatic carbocycles. The summed E-state index contributed by atoms with van der Waals surface area (Å²) in [7, 11) is 0. The molecule has 0 radical (unpaired) electrons. The average molecular weight is 313 g/mol. The van der Waals surface area contributed by atoms with Gasteiger partial charge in [-0.1, -0.05) is 18.2 Å². The van der Waals surface area contributed by atoms with Crippen LogP contribution in [0.25, 0.3) is 0 Å². The van der Waals surface area contributed by atoms with E-state index in [0.29, 0.717) is 25.2 Å². The van der Waals surface area contributed by atoms with Crippen LogP contribution >= 0.6 is 0 Å². The Balaban J connectivity index is 0.000000425. The lowest BCUT2D eigenvalue weighted by Gasteiger charge is -2.25. The Morgan fingerprint density at radius 1 is 0.909 bits per heavy atom. The van der Waals surface area contributed by atoms with Crippen molar-refractivity contribution in [3.05, 3.63) is 35.9 Å². The highest BCUT2D eigenvalue weighted by molar-refractivity contribution is 5.87. The van der Waals surface area contributed by atoms with Crippen LogP contribution in [0.1, 0.15) is 31.1 Å². The Kier molecular flexibility index (Phi) is 10.4. The van der Waals surface area contributed by atoms with Gasteiger partial charge in [0.1, 0.15) is 0 Å². The normalized spacial score (nSPS) is 14.7. The molecule has 0 aromatic heterocycles. The van der Waals surface area contributed by atoms with Crippen molar-refractivity contribution in [2.24, 2.45) is 0 Å². The number of carboxylic acids is 1. The summed E-state index contributed by atoms with van der Waals surface area (Å²) < 4.78 is 0. The van der Waals surface area contributed by atoms with Gasteiger partial charge in [0.15, 0.2) is 0 Å². The monoisotopic (exact) mass is 313 g/mol. The lowest BCUT2D eigenvalue weighted by Crippen LogP contribution is -2.40. The molecular formula is C16H27NO5. The molecule has 0 fully saturated rings. The molecule has 1 aromatic carbocycles. The van der Waals surface area contributed by atoms with E-state index in [0.717, 1.165) is 0 Å². The Bertz CT molecular complexity index is 382. The Labute approximate surface area is 131 Å². The van der Waals surface area contributed by atoms with E-state index in [1.165, 1.54) is 0 Å². The van der Waals surface area contributed by atoms with Crippen LogP contribution in [0.2, 0.25) is 0 Å². The summed E-state index contributed by atoms with van der Waals surface area (Å²) in [5.41, 5.74) is 0.331. The molecule has 1 rings (SSSR count). The summed E-state index contributed by atoms with van der Waals surface area (Å²) in [5.74, 6) is -0.879. The van der Waals surface area contributed by atoms with Crippen molar-refractivity contribution in [3.63, 3.8) is 0 Å². The van der Waals surface area contributed by atoms with E-state index < -0.39 is 24.3 Å². The van der Waals surface area contributed by atoms with Gasteiger partial charge in [-0.25, -0.2) is 4.79 Å². The first-order chi connectivity index (χ1) is 10.2. The van der Waals surface area contributed by atoms with E-state index in [1.807, 2.05) is 4.90 Å². The zero-order chi connectivity index (χ0) is 17.1. The lowest BCUT2D eigenvalue weighted by atomic mass is 10.2. The molecule has 3 unspecified atom stereocenters. The molecule has 4 N–H and O–H groups in total. The number of benzene rings is 1. The van der Waals surface area contributed by atoms with Gasteiger partial charge < -0.3 is 20.4 Å². The minimum atomic E-state index is -0.879. The standard InChI is InChI=1S/C9H21NO3.C7H6O2/c1-7(11)4-10(5-8(2)12)6-9(3)13;8-7(9)6-4-2-1-3-5-6/h7-9,11-13H,4-6H2,1-3H3;1-5H,(H,8,9). The van der Waals surface area contributed by atoms with Crippen molar-refractivity contribution in [1.29, 1.82) is 0 Å². The topological polar surface area (TPSA) is 101 Å². The van der Waals surface area contributed by atoms with Crippen molar-refractivity contribution in [3.8, 4) is 0 Å². The number of carbonyl (C=O) groups is 1. The maximum Gasteiger partial charge on any atom is 0.335 e. The maximum absolute atomic E-state index is 10.2. The summed E-state index contributed by atoms with van der Waals surface area (Å²) in [6, 6.07) is 8.30. The van der Waals surface area contributed by atoms with Crippen molar-refractivity contribution in [1.82, 2.24) is 4.90 Å². The molecule has 1 aromatic rings. The van der Waals surface area contributed by atoms with Gasteiger partial charge in [0.05, 0.1) is 23.9 Å². The Morgan fingerprint density at radius 3 is 1.50 bits per heavy atom. The van der Waals surface area contributed by atoms with Gasteiger partial charge in [0.25, 0.3) is 0 Å². The molecule has 22 heavy (non-hydrogen) atoms. The fourth-order valence-corrected chi connectivity index (χ4v) is 1.93. The number of carboxylic acid groups (broad SMARTS) is 1. The summed E-state index contributed by atoms with van der Waals surface area (Å²) >= 11 is 0. The van der Waals surface area contributed by atoms with Gasteiger partial charge in [-0.05, 0) is 32.9 Å². The second-order valence-electron chi connectivity index (χ2n) is 5.44. The van der Waals surface area contributed by atoms with Gasteiger partial charge in [-0.15, -0.1) is 0 Å². The zero-order valence-electron chi connectivity index (χ0n) is 13.4. The van der Waals surface area contributed by atoms with E-state index >= 15 is 0 Å². The van der Waals surface area contributed by atoms with Crippen LogP contribution < -0.4 is 0 Å². The Hall–Kier alpha value is -1.47. The summed E-state index contributed by atoms with van der Waals surface area (Å²) in [5, 5.41) is 35.8. The van der Waals surface area contributed by atoms with E-state index in [1.54, 1.807) is 51.1 Å². The van der Waals surface area contributed by atoms with Crippen molar-refractivity contribution in [2.75, 3.05) is 19.6 Å². The van der Waals surface area contributed by atoms with E-state index in [9.17, 15) is 4.79 Å². The molecule has 126 valence electrons. The quantitative estimate of drug-likeness (QED) is 0.594. The van der Waals surface area contributed by atoms with Crippen LogP contribution in [-0.4, -0.2) is 69.2 Å². The first kappa shape index (κ1) is 20.5. The van der Waals surface area contributed by atoms with Crippen LogP contribution in [0.15, 0.2) is 30.3 Å². The second kappa shape index (κ2) is 11.1. The van der Waals surface area contributed by atoms with Crippen molar-refractivity contribution in [2.45, 2.75) is 39.1 Å². The molecule has 3 atom stereocenters. The fourth-order valence-electron chi connectivity index (χ4n) is 1.93. The molecule has 6 nitrogen and oxygen atoms in total. The number of hydrogen-bond acceptors (Lipinski definition) is 5. The highest BCUT2D eigenvalue weighted by atomic mass is 16.4. The van der Waals surface area contributed by atoms with E-state index in [4.69, 9.17) is 20.4 Å².